The third-order valence-electron chi connectivity index (χ3n) is 16.3. The van der Waals surface area contributed by atoms with Crippen molar-refractivity contribution >= 4 is 11.8 Å². The first-order chi connectivity index (χ1) is 32.3. The Kier molecular flexibility index (Phi) is 16.2. The van der Waals surface area contributed by atoms with Gasteiger partial charge in [-0.1, -0.05) is 91.8 Å². The van der Waals surface area contributed by atoms with Crippen LogP contribution in [0, 0.1) is 23.7 Å². The van der Waals surface area contributed by atoms with Gasteiger partial charge in [0.2, 0.25) is 11.8 Å². The summed E-state index contributed by atoms with van der Waals surface area (Å²) in [4.78, 5) is 31.3. The number of nitrogens with one attached hydrogen (secondary N) is 4. The average molecular weight is 931 g/mol. The van der Waals surface area contributed by atoms with Crippen LogP contribution in [0.3, 0.4) is 0 Å². The number of rotatable bonds is 12. The highest BCUT2D eigenvalue weighted by atomic mass is 16.3. The molecule has 8 rings (SSSR count). The van der Waals surface area contributed by atoms with E-state index in [0.717, 1.165) is 74.4 Å². The summed E-state index contributed by atoms with van der Waals surface area (Å²) in [5, 5.41) is 52.7. The Labute approximate surface area is 404 Å². The molecule has 4 heterocycles. The topological polar surface area (TPSA) is 170 Å². The molecule has 12 heteroatoms. The van der Waals surface area contributed by atoms with Crippen LogP contribution in [0.2, 0.25) is 0 Å². The van der Waals surface area contributed by atoms with Crippen LogP contribution in [0.1, 0.15) is 102 Å². The maximum absolute atomic E-state index is 13.2. The fraction of sp³-hybridized carbons (Fsp3) is 0.536. The highest BCUT2D eigenvalue weighted by Crippen LogP contribution is 2.42. The van der Waals surface area contributed by atoms with Gasteiger partial charge in [0.15, 0.2) is 0 Å². The molecular formula is C56H78N6O6. The minimum Gasteiger partial charge on any atom is -0.508 e. The van der Waals surface area contributed by atoms with Gasteiger partial charge in [0.25, 0.3) is 0 Å². The number of hydrogen-bond acceptors (Lipinski definition) is 10. The van der Waals surface area contributed by atoms with Crippen molar-refractivity contribution < 1.29 is 30.0 Å². The molecule has 8 atom stereocenters. The zero-order chi connectivity index (χ0) is 48.9. The fourth-order valence-electron chi connectivity index (χ4n) is 10.9. The molecule has 0 saturated carbocycles. The molecule has 368 valence electrons. The smallest absolute Gasteiger partial charge is 0.237 e. The van der Waals surface area contributed by atoms with Crippen LogP contribution in [-0.4, -0.2) is 105 Å². The number of carbonyl (C=O) groups is 2. The molecule has 4 aromatic carbocycles. The van der Waals surface area contributed by atoms with Crippen molar-refractivity contribution in [2.75, 3.05) is 39.3 Å². The summed E-state index contributed by atoms with van der Waals surface area (Å²) in [5.74, 6) is 2.79. The number of carbonyl (C=O) groups excluding carboxylic acids is 2. The fourth-order valence-corrected chi connectivity index (χ4v) is 10.9. The Hall–Kier alpha value is -5.14. The van der Waals surface area contributed by atoms with Gasteiger partial charge in [0.05, 0.1) is 12.1 Å². The predicted molar refractivity (Wildman–Crippen MR) is 270 cm³/mol. The second kappa shape index (κ2) is 21.7. The van der Waals surface area contributed by atoms with Gasteiger partial charge in [-0.05, 0) is 155 Å². The largest absolute Gasteiger partial charge is 0.508 e. The first-order valence-corrected chi connectivity index (χ1v) is 25.0. The number of aromatic hydroxyl groups is 4. The van der Waals surface area contributed by atoms with Gasteiger partial charge < -0.3 is 51.5 Å². The lowest BCUT2D eigenvalue weighted by atomic mass is 9.68. The van der Waals surface area contributed by atoms with E-state index in [1.165, 1.54) is 11.1 Å². The van der Waals surface area contributed by atoms with E-state index in [1.54, 1.807) is 36.4 Å². The molecule has 0 bridgehead atoms. The third-order valence-corrected chi connectivity index (χ3v) is 16.3. The molecule has 4 aliphatic rings. The van der Waals surface area contributed by atoms with E-state index in [-0.39, 0.29) is 58.3 Å². The van der Waals surface area contributed by atoms with Gasteiger partial charge >= 0.3 is 0 Å². The quantitative estimate of drug-likeness (QED) is 0.0734. The highest BCUT2D eigenvalue weighted by Gasteiger charge is 2.41. The van der Waals surface area contributed by atoms with Gasteiger partial charge in [-0.25, -0.2) is 0 Å². The molecular weight excluding hydrogens is 853 g/mol. The Morgan fingerprint density at radius 2 is 0.971 bits per heavy atom. The monoisotopic (exact) mass is 931 g/mol. The molecule has 2 saturated heterocycles. The molecule has 0 aromatic heterocycles. The molecule has 8 N–H and O–H groups in total. The Morgan fingerprint density at radius 3 is 1.32 bits per heavy atom. The van der Waals surface area contributed by atoms with Crippen LogP contribution in [0.5, 0.6) is 23.0 Å². The van der Waals surface area contributed by atoms with Crippen LogP contribution in [0.15, 0.2) is 84.9 Å². The van der Waals surface area contributed by atoms with E-state index in [9.17, 15) is 30.0 Å². The summed E-state index contributed by atoms with van der Waals surface area (Å²) in [6, 6.07) is 25.8. The molecule has 68 heavy (non-hydrogen) atoms. The van der Waals surface area contributed by atoms with Gasteiger partial charge in [-0.15, -0.1) is 0 Å². The molecule has 0 radical (unpaired) electrons. The number of likely N-dealkylation sites (tertiary alicyclic amines) is 2. The number of piperidine rings is 2. The summed E-state index contributed by atoms with van der Waals surface area (Å²) in [6.07, 6.45) is 3.30. The van der Waals surface area contributed by atoms with Crippen molar-refractivity contribution in [1.29, 1.82) is 0 Å². The van der Waals surface area contributed by atoms with E-state index in [4.69, 9.17) is 0 Å². The van der Waals surface area contributed by atoms with Gasteiger partial charge in [-0.2, -0.15) is 0 Å². The Morgan fingerprint density at radius 1 is 0.588 bits per heavy atom. The minimum atomic E-state index is -0.257. The van der Waals surface area contributed by atoms with Crippen molar-refractivity contribution in [3.05, 3.63) is 118 Å². The zero-order valence-electron chi connectivity index (χ0n) is 41.7. The molecule has 0 unspecified atom stereocenters. The van der Waals surface area contributed by atoms with Crippen LogP contribution in [0.25, 0.3) is 0 Å². The van der Waals surface area contributed by atoms with E-state index < -0.39 is 0 Å². The van der Waals surface area contributed by atoms with Crippen LogP contribution < -0.4 is 21.3 Å². The van der Waals surface area contributed by atoms with E-state index in [0.29, 0.717) is 61.1 Å². The summed E-state index contributed by atoms with van der Waals surface area (Å²) in [5.41, 5.74) is 6.81. The second-order valence-corrected chi connectivity index (χ2v) is 21.7. The summed E-state index contributed by atoms with van der Waals surface area (Å²) < 4.78 is 0. The van der Waals surface area contributed by atoms with Gasteiger partial charge in [0.1, 0.15) is 23.0 Å². The molecule has 12 nitrogen and oxygen atoms in total. The standard InChI is InChI=1S/2C28H39N3O3/c2*1-18(2)26(30-27(34)25-13-20-8-9-24(33)12-21(20)15-29-25)17-31-11-10-28(4,19(3)16-31)22-6-5-7-23(32)14-22/h2*5-9,12,14,18-19,25-26,29,32-33H,10-11,13,15-17H2,1-4H3,(H,30,34)/t2*19-,25+,26+,28+/m00/s1. The zero-order valence-corrected chi connectivity index (χ0v) is 41.7. The normalized spacial score (nSPS) is 26.1. The van der Waals surface area contributed by atoms with Crippen molar-refractivity contribution in [2.24, 2.45) is 23.7 Å². The van der Waals surface area contributed by atoms with Crippen molar-refractivity contribution in [2.45, 2.75) is 129 Å². The van der Waals surface area contributed by atoms with E-state index >= 15 is 0 Å². The van der Waals surface area contributed by atoms with Crippen LogP contribution in [0.4, 0.5) is 0 Å². The van der Waals surface area contributed by atoms with E-state index in [1.807, 2.05) is 36.4 Å². The highest BCUT2D eigenvalue weighted by molar-refractivity contribution is 5.83. The number of amides is 2. The molecule has 4 aromatic rings. The first kappa shape index (κ1) is 50.7. The molecule has 2 fully saturated rings. The van der Waals surface area contributed by atoms with Crippen molar-refractivity contribution in [3.63, 3.8) is 0 Å². The first-order valence-electron chi connectivity index (χ1n) is 25.0. The lowest BCUT2D eigenvalue weighted by Gasteiger charge is -2.46. The summed E-state index contributed by atoms with van der Waals surface area (Å²) >= 11 is 0. The van der Waals surface area contributed by atoms with Crippen LogP contribution >= 0.6 is 0 Å². The maximum atomic E-state index is 13.2. The van der Waals surface area contributed by atoms with E-state index in [2.05, 4.69) is 98.6 Å². The van der Waals surface area contributed by atoms with Crippen LogP contribution in [-0.2, 0) is 46.4 Å². The number of nitrogens with zero attached hydrogens (tertiary/aromatic N) is 2. The number of hydrogen-bond donors (Lipinski definition) is 8. The van der Waals surface area contributed by atoms with Crippen molar-refractivity contribution in [1.82, 2.24) is 31.1 Å². The molecule has 0 aliphatic carbocycles. The lowest BCUT2D eigenvalue weighted by Crippen LogP contribution is -2.56. The Balaban J connectivity index is 0.000000201. The number of phenols is 4. The second-order valence-electron chi connectivity index (χ2n) is 21.7. The number of fused-ring (bicyclic) bond motifs is 2. The lowest BCUT2D eigenvalue weighted by molar-refractivity contribution is -0.125. The van der Waals surface area contributed by atoms with Gasteiger partial charge in [0, 0.05) is 51.4 Å². The molecule has 4 aliphatic heterocycles. The van der Waals surface area contributed by atoms with Crippen molar-refractivity contribution in [3.8, 4) is 23.0 Å². The predicted octanol–water partition coefficient (Wildman–Crippen LogP) is 7.11. The maximum Gasteiger partial charge on any atom is 0.237 e. The molecule has 2 amide bonds. The number of benzene rings is 4. The van der Waals surface area contributed by atoms with Gasteiger partial charge in [-0.3, -0.25) is 9.59 Å². The summed E-state index contributed by atoms with van der Waals surface area (Å²) in [7, 11) is 0. The Bertz CT molecular complexity index is 2210. The summed E-state index contributed by atoms with van der Waals surface area (Å²) in [6.45, 7) is 24.6. The SMILES string of the molecule is CC(C)[C@@H](CN1CC[C@@](C)(c2cccc(O)c2)[C@@H](C)C1)NC(=O)[C@H]1Cc2ccc(O)cc2CN1.CC(C)[C@@H](CN1CC[C@@](C)(c2cccc(O)c2)[C@@H](C)C1)NC(=O)[C@H]1Cc2ccc(O)cc2CN1. The molecule has 0 spiro atoms. The average Bonchev–Trinajstić information content (AvgIpc) is 3.30. The number of phenolic OH excluding ortho intramolecular Hbond substituents is 4. The minimum absolute atomic E-state index is 0.0274. The third kappa shape index (κ3) is 12.0.